The molecule has 0 spiro atoms. The lowest BCUT2D eigenvalue weighted by Gasteiger charge is -2.18. The normalized spacial score (nSPS) is 18.5. The van der Waals surface area contributed by atoms with Crippen LogP contribution in [0.25, 0.3) is 11.3 Å². The second-order valence-corrected chi connectivity index (χ2v) is 11.7. The topological polar surface area (TPSA) is 44.3 Å². The third-order valence-electron chi connectivity index (χ3n) is 8.39. The molecular formula is C44H41N4+. The first kappa shape index (κ1) is 32.1. The Labute approximate surface area is 283 Å². The van der Waals surface area contributed by atoms with E-state index in [0.717, 1.165) is 50.5 Å². The minimum Gasteiger partial charge on any atom is -0.324 e. The first-order chi connectivity index (χ1) is 23.5. The van der Waals surface area contributed by atoms with Crippen LogP contribution >= 0.6 is 0 Å². The Balaban J connectivity index is 1.31. The Morgan fingerprint density at radius 3 is 2.31 bits per heavy atom. The predicted octanol–water partition coefficient (Wildman–Crippen LogP) is 8.11. The van der Waals surface area contributed by atoms with Crippen LogP contribution in [0.2, 0.25) is 0 Å². The fraction of sp³-hybridized carbons (Fsp3) is 0.0682. The summed E-state index contributed by atoms with van der Waals surface area (Å²) < 4.78 is 2.30. The van der Waals surface area contributed by atoms with Crippen LogP contribution in [0.4, 0.5) is 11.4 Å². The third kappa shape index (κ3) is 7.42. The van der Waals surface area contributed by atoms with Crippen LogP contribution in [0.5, 0.6) is 0 Å². The Hall–Kier alpha value is -5.81. The van der Waals surface area contributed by atoms with Gasteiger partial charge in [0.15, 0.2) is 0 Å². The summed E-state index contributed by atoms with van der Waals surface area (Å²) in [5.74, 6) is 0. The summed E-state index contributed by atoms with van der Waals surface area (Å²) in [5.41, 5.74) is 15.8. The molecule has 2 heterocycles. The van der Waals surface area contributed by atoms with Crippen molar-refractivity contribution in [1.29, 1.82) is 0 Å². The lowest BCUT2D eigenvalue weighted by atomic mass is 9.97. The maximum Gasteiger partial charge on any atom is 0.225 e. The molecule has 236 valence electrons. The molecule has 0 fully saturated rings. The van der Waals surface area contributed by atoms with Crippen molar-refractivity contribution in [3.8, 4) is 0 Å². The van der Waals surface area contributed by atoms with E-state index in [0.29, 0.717) is 6.54 Å². The van der Waals surface area contributed by atoms with Crippen molar-refractivity contribution >= 4 is 22.6 Å². The average molecular weight is 626 g/mol. The zero-order chi connectivity index (χ0) is 33.3. The molecule has 6 rings (SSSR count). The fourth-order valence-corrected chi connectivity index (χ4v) is 5.69. The number of allylic oxidation sites excluding steroid dienone is 11. The molecule has 0 bridgehead atoms. The standard InChI is InChI=1S/C44H41N4/c1-4-5-8-20-42-41-31-37(23-26-43(41)48(42)40-18-11-7-12-19-40)38-27-29-47(28-14-13-15-33(2)34(3)30-38)39-24-21-35(22-25-39)32-46-44(45)36-16-9-6-10-17-36/h4-31,44,46H,2-3,32,45H2,1H3/q+1/b5-4-,15-13-,20-8-,28-14-,29-27-,38-30+. The highest BCUT2D eigenvalue weighted by molar-refractivity contribution is 5.79. The zero-order valence-corrected chi connectivity index (χ0v) is 27.3. The summed E-state index contributed by atoms with van der Waals surface area (Å²) in [6.07, 6.45) is 22.6. The minimum atomic E-state index is -0.224. The molecule has 0 amide bonds. The van der Waals surface area contributed by atoms with Crippen molar-refractivity contribution < 1.29 is 0 Å². The molecule has 0 radical (unpaired) electrons. The summed E-state index contributed by atoms with van der Waals surface area (Å²) >= 11 is 0. The molecule has 4 heteroatoms. The third-order valence-corrected chi connectivity index (χ3v) is 8.39. The highest BCUT2D eigenvalue weighted by atomic mass is 15.1. The van der Waals surface area contributed by atoms with Crippen molar-refractivity contribution in [1.82, 2.24) is 9.89 Å². The molecule has 4 aromatic carbocycles. The van der Waals surface area contributed by atoms with Crippen molar-refractivity contribution in [2.45, 2.75) is 19.6 Å². The van der Waals surface area contributed by atoms with Gasteiger partial charge in [0.1, 0.15) is 5.22 Å². The highest BCUT2D eigenvalue weighted by Crippen LogP contribution is 2.24. The number of nitrogens with two attached hydrogens (primary N) is 1. The first-order valence-electron chi connectivity index (χ1n) is 16.2. The van der Waals surface area contributed by atoms with E-state index in [1.165, 1.54) is 10.6 Å². The number of anilines is 1. The van der Waals surface area contributed by atoms with E-state index >= 15 is 0 Å². The summed E-state index contributed by atoms with van der Waals surface area (Å²) in [5, 5.41) is 5.81. The van der Waals surface area contributed by atoms with Crippen LogP contribution in [-0.4, -0.2) is 0 Å². The van der Waals surface area contributed by atoms with E-state index in [-0.39, 0.29) is 6.17 Å². The van der Waals surface area contributed by atoms with Crippen molar-refractivity contribution in [2.75, 3.05) is 4.90 Å². The minimum absolute atomic E-state index is 0.224. The quantitative estimate of drug-likeness (QED) is 0.112. The van der Waals surface area contributed by atoms with Crippen LogP contribution in [-0.2, 0) is 6.54 Å². The van der Waals surface area contributed by atoms with Gasteiger partial charge in [0.25, 0.3) is 0 Å². The number of fused-ring (bicyclic) bond motifs is 1. The van der Waals surface area contributed by atoms with Crippen molar-refractivity contribution in [2.24, 2.45) is 5.73 Å². The smallest absolute Gasteiger partial charge is 0.225 e. The largest absolute Gasteiger partial charge is 0.324 e. The van der Waals surface area contributed by atoms with Gasteiger partial charge in [-0.1, -0.05) is 104 Å². The zero-order valence-electron chi connectivity index (χ0n) is 27.3. The second kappa shape index (κ2) is 15.2. The fourth-order valence-electron chi connectivity index (χ4n) is 5.69. The Bertz CT molecular complexity index is 2110. The maximum atomic E-state index is 6.36. The number of rotatable bonds is 9. The molecule has 3 N–H and O–H groups in total. The predicted molar refractivity (Wildman–Crippen MR) is 203 cm³/mol. The SMILES string of the molecule is C=C1/C=C\C=C/N(c2ccc(CNC(N)c3ccccc3)cc2)/C=C\C(c2ccc3c(c2)=C(/C=C\C=C/C)[N+]=3c2ccccc2)=C/C1=C. The van der Waals surface area contributed by atoms with E-state index in [4.69, 9.17) is 5.73 Å². The number of nitrogens with zero attached hydrogens (tertiary/aromatic N) is 2. The maximum absolute atomic E-state index is 6.36. The number of hydrogen-bond acceptors (Lipinski definition) is 3. The number of benzene rings is 4. The first-order valence-corrected chi connectivity index (χ1v) is 16.2. The summed E-state index contributed by atoms with van der Waals surface area (Å²) in [6, 6.07) is 35.8. The van der Waals surface area contributed by atoms with Crippen molar-refractivity contribution in [3.63, 3.8) is 0 Å². The van der Waals surface area contributed by atoms with Gasteiger partial charge in [0.2, 0.25) is 16.7 Å². The summed E-state index contributed by atoms with van der Waals surface area (Å²) in [7, 11) is 0. The number of hydrogen-bond donors (Lipinski definition) is 2. The van der Waals surface area contributed by atoms with E-state index in [9.17, 15) is 0 Å². The molecule has 2 aliphatic heterocycles. The van der Waals surface area contributed by atoms with Gasteiger partial charge < -0.3 is 10.6 Å². The molecule has 0 saturated heterocycles. The molecule has 2 aliphatic rings. The van der Waals surface area contributed by atoms with E-state index in [2.05, 4.69) is 137 Å². The highest BCUT2D eigenvalue weighted by Gasteiger charge is 2.27. The van der Waals surface area contributed by atoms with Gasteiger partial charge >= 0.3 is 0 Å². The molecule has 1 atom stereocenters. The van der Waals surface area contributed by atoms with Crippen LogP contribution in [0.15, 0.2) is 195 Å². The Morgan fingerprint density at radius 2 is 1.56 bits per heavy atom. The van der Waals surface area contributed by atoms with Gasteiger partial charge in [0.05, 0.1) is 6.17 Å². The molecule has 0 aromatic heterocycles. The molecule has 1 unspecified atom stereocenters. The summed E-state index contributed by atoms with van der Waals surface area (Å²) in [6.45, 7) is 11.3. The van der Waals surface area contributed by atoms with Crippen LogP contribution in [0.3, 0.4) is 0 Å². The van der Waals surface area contributed by atoms with Crippen molar-refractivity contribution in [3.05, 3.63) is 222 Å². The molecule has 4 nitrogen and oxygen atoms in total. The number of para-hydroxylation sites is 1. The lowest BCUT2D eigenvalue weighted by Crippen LogP contribution is -2.48. The van der Waals surface area contributed by atoms with Gasteiger partial charge in [-0.2, -0.15) is 4.58 Å². The second-order valence-electron chi connectivity index (χ2n) is 11.7. The molecule has 48 heavy (non-hydrogen) atoms. The Morgan fingerprint density at radius 1 is 0.812 bits per heavy atom. The molecule has 0 aliphatic carbocycles. The van der Waals surface area contributed by atoms with Crippen LogP contribution in [0, 0.1) is 0 Å². The van der Waals surface area contributed by atoms with Crippen LogP contribution < -0.4 is 31.1 Å². The molecule has 4 aromatic rings. The molecule has 0 saturated carbocycles. The van der Waals surface area contributed by atoms with Gasteiger partial charge in [-0.15, -0.1) is 0 Å². The van der Waals surface area contributed by atoms with E-state index in [1.54, 1.807) is 0 Å². The summed E-state index contributed by atoms with van der Waals surface area (Å²) in [4.78, 5) is 2.12. The van der Waals surface area contributed by atoms with E-state index in [1.807, 2.05) is 67.6 Å². The average Bonchev–Trinajstić information content (AvgIpc) is 3.15. The van der Waals surface area contributed by atoms with Gasteiger partial charge in [-0.3, -0.25) is 5.32 Å². The van der Waals surface area contributed by atoms with Gasteiger partial charge in [-0.05, 0) is 82.8 Å². The monoisotopic (exact) mass is 625 g/mol. The van der Waals surface area contributed by atoms with E-state index < -0.39 is 0 Å². The number of nitrogens with one attached hydrogen (secondary N) is 1. The van der Waals surface area contributed by atoms with Gasteiger partial charge in [-0.25, -0.2) is 0 Å². The lowest BCUT2D eigenvalue weighted by molar-refractivity contribution is 0.552. The molecular weight excluding hydrogens is 585 g/mol. The Kier molecular flexibility index (Phi) is 10.2. The van der Waals surface area contributed by atoms with Crippen LogP contribution in [0.1, 0.15) is 29.8 Å². The van der Waals surface area contributed by atoms with Gasteiger partial charge in [0, 0.05) is 48.9 Å².